The van der Waals surface area contributed by atoms with Crippen molar-refractivity contribution in [3.8, 4) is 0 Å². The molecule has 1 N–H and O–H groups in total. The molecular formula is C20H25N. The quantitative estimate of drug-likeness (QED) is 0.843. The lowest BCUT2D eigenvalue weighted by molar-refractivity contribution is 0.357. The van der Waals surface area contributed by atoms with Crippen LogP contribution in [0, 0.1) is 6.92 Å². The fraction of sp³-hybridized carbons (Fsp3) is 0.400. The lowest BCUT2D eigenvalue weighted by atomic mass is 9.71. The highest BCUT2D eigenvalue weighted by Crippen LogP contribution is 2.41. The summed E-state index contributed by atoms with van der Waals surface area (Å²) >= 11 is 0. The third kappa shape index (κ3) is 3.03. The number of fused-ring (bicyclic) bond motifs is 1. The van der Waals surface area contributed by atoms with Crippen LogP contribution < -0.4 is 5.32 Å². The second-order valence-corrected chi connectivity index (χ2v) is 6.93. The standard InChI is InChI=1S/C20H25N/c1-15-7-6-8-16(13-15)14-21-19-11-12-20(2,3)18-10-5-4-9-17(18)19/h4-10,13,19,21H,11-12,14H2,1-3H3. The summed E-state index contributed by atoms with van der Waals surface area (Å²) in [4.78, 5) is 0. The third-order valence-electron chi connectivity index (χ3n) is 4.76. The summed E-state index contributed by atoms with van der Waals surface area (Å²) < 4.78 is 0. The smallest absolute Gasteiger partial charge is 0.0326 e. The van der Waals surface area contributed by atoms with E-state index in [0.717, 1.165) is 6.54 Å². The van der Waals surface area contributed by atoms with Gasteiger partial charge in [-0.3, -0.25) is 0 Å². The van der Waals surface area contributed by atoms with Gasteiger partial charge in [-0.25, -0.2) is 0 Å². The molecule has 0 amide bonds. The molecule has 0 aliphatic heterocycles. The topological polar surface area (TPSA) is 12.0 Å². The van der Waals surface area contributed by atoms with Crippen LogP contribution in [0.5, 0.6) is 0 Å². The van der Waals surface area contributed by atoms with Crippen molar-refractivity contribution in [1.29, 1.82) is 0 Å². The van der Waals surface area contributed by atoms with Gasteiger partial charge in [-0.1, -0.05) is 67.9 Å². The van der Waals surface area contributed by atoms with Gasteiger partial charge in [0.1, 0.15) is 0 Å². The fourth-order valence-electron chi connectivity index (χ4n) is 3.49. The molecule has 0 aromatic heterocycles. The predicted molar refractivity (Wildman–Crippen MR) is 89.5 cm³/mol. The minimum Gasteiger partial charge on any atom is -0.306 e. The molecule has 1 heteroatoms. The van der Waals surface area contributed by atoms with Gasteiger partial charge in [0.15, 0.2) is 0 Å². The first kappa shape index (κ1) is 14.3. The number of aryl methyl sites for hydroxylation is 1. The van der Waals surface area contributed by atoms with Crippen LogP contribution >= 0.6 is 0 Å². The first-order valence-electron chi connectivity index (χ1n) is 7.94. The van der Waals surface area contributed by atoms with Crippen LogP contribution in [-0.4, -0.2) is 0 Å². The highest BCUT2D eigenvalue weighted by atomic mass is 14.9. The summed E-state index contributed by atoms with van der Waals surface area (Å²) in [5.74, 6) is 0. The van der Waals surface area contributed by atoms with Gasteiger partial charge < -0.3 is 5.32 Å². The largest absolute Gasteiger partial charge is 0.306 e. The van der Waals surface area contributed by atoms with Gasteiger partial charge in [0.05, 0.1) is 0 Å². The van der Waals surface area contributed by atoms with Gasteiger partial charge in [0.2, 0.25) is 0 Å². The summed E-state index contributed by atoms with van der Waals surface area (Å²) in [7, 11) is 0. The van der Waals surface area contributed by atoms with E-state index in [1.54, 1.807) is 0 Å². The third-order valence-corrected chi connectivity index (χ3v) is 4.76. The molecule has 0 radical (unpaired) electrons. The lowest BCUT2D eigenvalue weighted by Gasteiger charge is -2.37. The van der Waals surface area contributed by atoms with Gasteiger partial charge in [0.25, 0.3) is 0 Å². The Bertz CT molecular complexity index is 627. The van der Waals surface area contributed by atoms with Crippen LogP contribution in [-0.2, 0) is 12.0 Å². The maximum Gasteiger partial charge on any atom is 0.0326 e. The van der Waals surface area contributed by atoms with Crippen molar-refractivity contribution in [2.24, 2.45) is 0 Å². The molecule has 0 fully saturated rings. The molecule has 1 unspecified atom stereocenters. The summed E-state index contributed by atoms with van der Waals surface area (Å²) in [5, 5.41) is 3.76. The lowest BCUT2D eigenvalue weighted by Crippen LogP contribution is -2.32. The Balaban J connectivity index is 1.78. The summed E-state index contributed by atoms with van der Waals surface area (Å²) in [6, 6.07) is 18.2. The maximum atomic E-state index is 3.76. The molecule has 0 bridgehead atoms. The molecule has 1 nitrogen and oxygen atoms in total. The van der Waals surface area contributed by atoms with Gasteiger partial charge >= 0.3 is 0 Å². The molecule has 1 atom stereocenters. The zero-order valence-electron chi connectivity index (χ0n) is 13.3. The van der Waals surface area contributed by atoms with E-state index in [0.29, 0.717) is 11.5 Å². The minimum atomic E-state index is 0.304. The van der Waals surface area contributed by atoms with Crippen LogP contribution in [0.4, 0.5) is 0 Å². The summed E-state index contributed by atoms with van der Waals surface area (Å²) in [6.07, 6.45) is 2.46. The van der Waals surface area contributed by atoms with E-state index < -0.39 is 0 Å². The molecule has 2 aromatic rings. The Hall–Kier alpha value is -1.60. The van der Waals surface area contributed by atoms with Crippen molar-refractivity contribution in [1.82, 2.24) is 5.32 Å². The summed E-state index contributed by atoms with van der Waals surface area (Å²) in [6.45, 7) is 7.83. The Morgan fingerprint density at radius 1 is 1.10 bits per heavy atom. The van der Waals surface area contributed by atoms with E-state index in [1.165, 1.54) is 35.1 Å². The molecular weight excluding hydrogens is 254 g/mol. The van der Waals surface area contributed by atoms with E-state index in [4.69, 9.17) is 0 Å². The predicted octanol–water partition coefficient (Wildman–Crippen LogP) is 4.90. The second-order valence-electron chi connectivity index (χ2n) is 6.93. The van der Waals surface area contributed by atoms with E-state index in [9.17, 15) is 0 Å². The van der Waals surface area contributed by atoms with Crippen molar-refractivity contribution in [3.05, 3.63) is 70.8 Å². The highest BCUT2D eigenvalue weighted by Gasteiger charge is 2.31. The average molecular weight is 279 g/mol. The van der Waals surface area contributed by atoms with E-state index in [-0.39, 0.29) is 0 Å². The zero-order valence-corrected chi connectivity index (χ0v) is 13.3. The van der Waals surface area contributed by atoms with Crippen LogP contribution in [0.25, 0.3) is 0 Å². The second kappa shape index (κ2) is 5.65. The zero-order chi connectivity index (χ0) is 14.9. The Kier molecular flexibility index (Phi) is 3.86. The Morgan fingerprint density at radius 2 is 1.90 bits per heavy atom. The van der Waals surface area contributed by atoms with Crippen molar-refractivity contribution in [2.75, 3.05) is 0 Å². The number of benzene rings is 2. The SMILES string of the molecule is Cc1cccc(CNC2CCC(C)(C)c3ccccc32)c1. The minimum absolute atomic E-state index is 0.304. The van der Waals surface area contributed by atoms with Crippen molar-refractivity contribution in [3.63, 3.8) is 0 Å². The van der Waals surface area contributed by atoms with E-state index in [2.05, 4.69) is 74.6 Å². The van der Waals surface area contributed by atoms with Crippen LogP contribution in [0.15, 0.2) is 48.5 Å². The van der Waals surface area contributed by atoms with Crippen molar-refractivity contribution < 1.29 is 0 Å². The maximum absolute atomic E-state index is 3.76. The molecule has 2 aromatic carbocycles. The first-order valence-corrected chi connectivity index (χ1v) is 7.94. The molecule has 3 rings (SSSR count). The molecule has 110 valence electrons. The number of rotatable bonds is 3. The van der Waals surface area contributed by atoms with Crippen LogP contribution in [0.2, 0.25) is 0 Å². The molecule has 1 aliphatic rings. The highest BCUT2D eigenvalue weighted by molar-refractivity contribution is 5.38. The Morgan fingerprint density at radius 3 is 2.71 bits per heavy atom. The molecule has 1 aliphatic carbocycles. The monoisotopic (exact) mass is 279 g/mol. The summed E-state index contributed by atoms with van der Waals surface area (Å²) in [5.41, 5.74) is 6.01. The normalized spacial score (nSPS) is 20.0. The first-order chi connectivity index (χ1) is 10.1. The molecule has 0 saturated heterocycles. The van der Waals surface area contributed by atoms with Gasteiger partial charge in [-0.2, -0.15) is 0 Å². The van der Waals surface area contributed by atoms with Gasteiger partial charge in [0, 0.05) is 12.6 Å². The Labute approximate surface area is 128 Å². The molecule has 21 heavy (non-hydrogen) atoms. The number of nitrogens with one attached hydrogen (secondary N) is 1. The van der Waals surface area contributed by atoms with E-state index in [1.807, 2.05) is 0 Å². The average Bonchev–Trinajstić information content (AvgIpc) is 2.47. The van der Waals surface area contributed by atoms with Crippen molar-refractivity contribution >= 4 is 0 Å². The van der Waals surface area contributed by atoms with Crippen LogP contribution in [0.1, 0.15) is 55.0 Å². The van der Waals surface area contributed by atoms with Crippen molar-refractivity contribution in [2.45, 2.75) is 51.6 Å². The van der Waals surface area contributed by atoms with Gasteiger partial charge in [-0.15, -0.1) is 0 Å². The molecule has 0 spiro atoms. The number of hydrogen-bond acceptors (Lipinski definition) is 1. The number of hydrogen-bond donors (Lipinski definition) is 1. The van der Waals surface area contributed by atoms with Gasteiger partial charge in [-0.05, 0) is 41.9 Å². The molecule has 0 heterocycles. The fourth-order valence-corrected chi connectivity index (χ4v) is 3.49. The van der Waals surface area contributed by atoms with E-state index >= 15 is 0 Å². The molecule has 0 saturated carbocycles. The van der Waals surface area contributed by atoms with Crippen LogP contribution in [0.3, 0.4) is 0 Å².